The smallest absolute Gasteiger partial charge is 0.348 e. The van der Waals surface area contributed by atoms with E-state index < -0.39 is 17.7 Å². The second-order valence-corrected chi connectivity index (χ2v) is 7.95. The van der Waals surface area contributed by atoms with Crippen LogP contribution >= 0.6 is 0 Å². The lowest BCUT2D eigenvalue weighted by Crippen LogP contribution is -2.50. The van der Waals surface area contributed by atoms with E-state index in [2.05, 4.69) is 15.0 Å². The second kappa shape index (κ2) is 11.0. The molecular weight excluding hydrogens is 458 g/mol. The molecule has 3 aromatic carbocycles. The first-order chi connectivity index (χ1) is 17.5. The molecule has 0 saturated heterocycles. The number of aryl methyl sites for hydroxylation is 1. The van der Waals surface area contributed by atoms with Gasteiger partial charge in [0.1, 0.15) is 11.6 Å². The van der Waals surface area contributed by atoms with Gasteiger partial charge in [0.05, 0.1) is 7.11 Å². The van der Waals surface area contributed by atoms with E-state index >= 15 is 0 Å². The van der Waals surface area contributed by atoms with Crippen molar-refractivity contribution in [3.63, 3.8) is 0 Å². The Bertz CT molecular complexity index is 1260. The third-order valence-electron chi connectivity index (χ3n) is 5.87. The fraction of sp³-hybridized carbons (Fsp3) is 0.214. The largest absolute Gasteiger partial charge is 0.497 e. The first kappa shape index (κ1) is 24.8. The standard InChI is InChI=1S/C28H27N3O5/c1-4-23-29-25(19-15-17-22(34-2)18-16-19)31-27(30-23)36-24(26(32)33)28(35-3,20-11-7-5-8-12-20)21-13-9-6-10-14-21/h5-18,24H,4H2,1-3H3,(H,32,33). The van der Waals surface area contributed by atoms with Crippen molar-refractivity contribution in [2.24, 2.45) is 0 Å². The number of aromatic nitrogens is 3. The molecule has 0 fully saturated rings. The SMILES string of the molecule is CCc1nc(OC(C(=O)O)C(OC)(c2ccccc2)c2ccccc2)nc(-c2ccc(OC)cc2)n1. The number of nitrogens with zero attached hydrogens (tertiary/aromatic N) is 3. The van der Waals surface area contributed by atoms with Gasteiger partial charge in [-0.2, -0.15) is 9.97 Å². The topological polar surface area (TPSA) is 104 Å². The van der Waals surface area contributed by atoms with Gasteiger partial charge in [-0.15, -0.1) is 0 Å². The van der Waals surface area contributed by atoms with Crippen molar-refractivity contribution in [1.82, 2.24) is 15.0 Å². The molecule has 4 rings (SSSR count). The summed E-state index contributed by atoms with van der Waals surface area (Å²) in [6.07, 6.45) is -1.00. The van der Waals surface area contributed by atoms with Gasteiger partial charge in [-0.3, -0.25) is 0 Å². The van der Waals surface area contributed by atoms with E-state index in [4.69, 9.17) is 14.2 Å². The monoisotopic (exact) mass is 485 g/mol. The summed E-state index contributed by atoms with van der Waals surface area (Å²) in [7, 11) is 3.06. The van der Waals surface area contributed by atoms with Crippen LogP contribution in [-0.2, 0) is 21.6 Å². The highest BCUT2D eigenvalue weighted by Crippen LogP contribution is 2.38. The van der Waals surface area contributed by atoms with Crippen molar-refractivity contribution in [1.29, 1.82) is 0 Å². The number of rotatable bonds is 10. The molecule has 0 aliphatic rings. The van der Waals surface area contributed by atoms with Crippen LogP contribution in [0.25, 0.3) is 11.4 Å². The average Bonchev–Trinajstić information content (AvgIpc) is 2.94. The van der Waals surface area contributed by atoms with E-state index in [9.17, 15) is 9.90 Å². The van der Waals surface area contributed by atoms with Crippen LogP contribution in [0, 0.1) is 0 Å². The highest BCUT2D eigenvalue weighted by atomic mass is 16.6. The van der Waals surface area contributed by atoms with Crippen molar-refractivity contribution in [3.05, 3.63) is 102 Å². The maximum Gasteiger partial charge on any atom is 0.348 e. The predicted molar refractivity (Wildman–Crippen MR) is 134 cm³/mol. The van der Waals surface area contributed by atoms with Crippen molar-refractivity contribution in [2.45, 2.75) is 25.0 Å². The van der Waals surface area contributed by atoms with Gasteiger partial charge in [-0.25, -0.2) is 9.78 Å². The lowest BCUT2D eigenvalue weighted by Gasteiger charge is -2.37. The first-order valence-corrected chi connectivity index (χ1v) is 11.5. The fourth-order valence-corrected chi connectivity index (χ4v) is 4.07. The van der Waals surface area contributed by atoms with Gasteiger partial charge in [-0.1, -0.05) is 67.6 Å². The van der Waals surface area contributed by atoms with E-state index in [0.29, 0.717) is 40.5 Å². The maximum atomic E-state index is 12.7. The molecule has 1 aromatic heterocycles. The zero-order chi connectivity index (χ0) is 25.5. The van der Waals surface area contributed by atoms with Gasteiger partial charge in [0.2, 0.25) is 6.10 Å². The normalized spacial score (nSPS) is 12.1. The molecule has 8 heteroatoms. The van der Waals surface area contributed by atoms with E-state index in [1.807, 2.05) is 79.7 Å². The Balaban J connectivity index is 1.83. The minimum atomic E-state index is -1.51. The predicted octanol–water partition coefficient (Wildman–Crippen LogP) is 4.53. The summed E-state index contributed by atoms with van der Waals surface area (Å²) in [6, 6.07) is 25.4. The van der Waals surface area contributed by atoms with Crippen molar-refractivity contribution in [2.75, 3.05) is 14.2 Å². The van der Waals surface area contributed by atoms with Crippen LogP contribution < -0.4 is 9.47 Å². The van der Waals surface area contributed by atoms with Crippen molar-refractivity contribution >= 4 is 5.97 Å². The molecule has 1 unspecified atom stereocenters. The Labute approximate surface area is 209 Å². The molecule has 0 aliphatic heterocycles. The Morgan fingerprint density at radius 2 is 1.44 bits per heavy atom. The minimum Gasteiger partial charge on any atom is -0.497 e. The molecule has 0 radical (unpaired) electrons. The molecule has 4 aromatic rings. The lowest BCUT2D eigenvalue weighted by molar-refractivity contribution is -0.160. The van der Waals surface area contributed by atoms with Crippen molar-refractivity contribution < 1.29 is 24.1 Å². The van der Waals surface area contributed by atoms with Crippen LogP contribution in [0.5, 0.6) is 11.8 Å². The Hall–Kier alpha value is -4.30. The Morgan fingerprint density at radius 1 is 0.861 bits per heavy atom. The number of hydrogen-bond acceptors (Lipinski definition) is 7. The lowest BCUT2D eigenvalue weighted by atomic mass is 9.81. The van der Waals surface area contributed by atoms with Crippen LogP contribution in [0.4, 0.5) is 0 Å². The Morgan fingerprint density at radius 3 is 1.92 bits per heavy atom. The maximum absolute atomic E-state index is 12.7. The molecule has 0 bridgehead atoms. The highest BCUT2D eigenvalue weighted by Gasteiger charge is 2.49. The quantitative estimate of drug-likeness (QED) is 0.349. The van der Waals surface area contributed by atoms with Gasteiger partial charge in [-0.05, 0) is 35.4 Å². The van der Waals surface area contributed by atoms with Crippen LogP contribution in [0.15, 0.2) is 84.9 Å². The highest BCUT2D eigenvalue weighted by molar-refractivity contribution is 5.76. The number of carboxylic acids is 1. The summed E-state index contributed by atoms with van der Waals surface area (Å²) in [6.45, 7) is 1.90. The Kier molecular flexibility index (Phi) is 7.56. The molecule has 36 heavy (non-hydrogen) atoms. The van der Waals surface area contributed by atoms with E-state index in [-0.39, 0.29) is 6.01 Å². The zero-order valence-electron chi connectivity index (χ0n) is 20.3. The van der Waals surface area contributed by atoms with Crippen LogP contribution in [0.1, 0.15) is 23.9 Å². The summed E-state index contributed by atoms with van der Waals surface area (Å²) >= 11 is 0. The number of aliphatic carboxylic acids is 1. The van der Waals surface area contributed by atoms with Crippen LogP contribution in [0.3, 0.4) is 0 Å². The molecular formula is C28H27N3O5. The summed E-state index contributed by atoms with van der Waals surface area (Å²) in [5.74, 6) is 0.305. The fourth-order valence-electron chi connectivity index (χ4n) is 4.07. The second-order valence-electron chi connectivity index (χ2n) is 7.95. The van der Waals surface area contributed by atoms with Gasteiger partial charge in [0, 0.05) is 19.1 Å². The summed E-state index contributed by atoms with van der Waals surface area (Å²) in [4.78, 5) is 26.1. The molecule has 0 spiro atoms. The van der Waals surface area contributed by atoms with Crippen molar-refractivity contribution in [3.8, 4) is 23.1 Å². The number of ether oxygens (including phenoxy) is 3. The molecule has 8 nitrogen and oxygen atoms in total. The van der Waals surface area contributed by atoms with Gasteiger partial charge >= 0.3 is 12.0 Å². The van der Waals surface area contributed by atoms with E-state index in [1.165, 1.54) is 7.11 Å². The van der Waals surface area contributed by atoms with E-state index in [1.54, 1.807) is 19.2 Å². The van der Waals surface area contributed by atoms with Gasteiger partial charge < -0.3 is 19.3 Å². The van der Waals surface area contributed by atoms with Crippen LogP contribution in [-0.4, -0.2) is 46.4 Å². The molecule has 1 heterocycles. The third-order valence-corrected chi connectivity index (χ3v) is 5.87. The molecule has 1 N–H and O–H groups in total. The van der Waals surface area contributed by atoms with Crippen LogP contribution in [0.2, 0.25) is 0 Å². The summed E-state index contributed by atoms with van der Waals surface area (Å²) < 4.78 is 17.3. The molecule has 184 valence electrons. The number of carboxylic acid groups (broad SMARTS) is 1. The van der Waals surface area contributed by atoms with E-state index in [0.717, 1.165) is 0 Å². The number of hydrogen-bond donors (Lipinski definition) is 1. The average molecular weight is 486 g/mol. The minimum absolute atomic E-state index is 0.103. The molecule has 0 saturated carbocycles. The molecule has 1 atom stereocenters. The third kappa shape index (κ3) is 4.89. The molecule has 0 aliphatic carbocycles. The molecule has 0 amide bonds. The summed E-state index contributed by atoms with van der Waals surface area (Å²) in [5.41, 5.74) is 0.472. The number of methoxy groups -OCH3 is 2. The zero-order valence-corrected chi connectivity index (χ0v) is 20.3. The summed E-state index contributed by atoms with van der Waals surface area (Å²) in [5, 5.41) is 10.4. The number of benzene rings is 3. The van der Waals surface area contributed by atoms with Gasteiger partial charge in [0.15, 0.2) is 11.4 Å². The first-order valence-electron chi connectivity index (χ1n) is 11.5. The number of carbonyl (C=O) groups is 1. The van der Waals surface area contributed by atoms with Gasteiger partial charge in [0.25, 0.3) is 0 Å².